The lowest BCUT2D eigenvalue weighted by atomic mass is 10.0. The Morgan fingerprint density at radius 1 is 0.375 bits per heavy atom. The number of para-hydroxylation sites is 3. The standard InChI is InChI=1S/C49H30N6O/c1-4-16-31(17-5-1)46-50-43-37-24-12-15-27-42(37)56-45(43)44(51-46)38-30-34(28-29-41(38)55-39-25-13-10-22-35(39)36-23-11-14-26-40(36)55)49-53-47(32-18-6-2-7-19-32)52-48(54-49)33-20-8-3-9-21-33/h1-30H. The predicted molar refractivity (Wildman–Crippen MR) is 224 cm³/mol. The molecule has 7 aromatic carbocycles. The van der Waals surface area contributed by atoms with E-state index in [1.54, 1.807) is 0 Å². The predicted octanol–water partition coefficient (Wildman–Crippen LogP) is 12.0. The van der Waals surface area contributed by atoms with Crippen molar-refractivity contribution in [2.75, 3.05) is 0 Å². The van der Waals surface area contributed by atoms with Crippen molar-refractivity contribution in [3.05, 3.63) is 182 Å². The molecule has 0 unspecified atom stereocenters. The second-order valence-corrected chi connectivity index (χ2v) is 13.7. The van der Waals surface area contributed by atoms with E-state index in [-0.39, 0.29) is 0 Å². The molecule has 0 atom stereocenters. The third-order valence-electron chi connectivity index (χ3n) is 10.3. The molecule has 262 valence electrons. The zero-order valence-electron chi connectivity index (χ0n) is 29.9. The van der Waals surface area contributed by atoms with Gasteiger partial charge in [-0.1, -0.05) is 140 Å². The normalized spacial score (nSPS) is 11.6. The zero-order valence-corrected chi connectivity index (χ0v) is 29.9. The van der Waals surface area contributed by atoms with Gasteiger partial charge in [0.25, 0.3) is 0 Å². The fourth-order valence-corrected chi connectivity index (χ4v) is 7.67. The lowest BCUT2D eigenvalue weighted by molar-refractivity contribution is 0.667. The molecule has 0 aliphatic carbocycles. The smallest absolute Gasteiger partial charge is 0.180 e. The van der Waals surface area contributed by atoms with E-state index in [0.29, 0.717) is 34.6 Å². The molecule has 11 rings (SSSR count). The highest BCUT2D eigenvalue weighted by molar-refractivity contribution is 6.11. The van der Waals surface area contributed by atoms with E-state index in [0.717, 1.165) is 71.8 Å². The Morgan fingerprint density at radius 3 is 1.41 bits per heavy atom. The van der Waals surface area contributed by atoms with E-state index in [1.807, 2.05) is 109 Å². The largest absolute Gasteiger partial charge is 0.452 e. The lowest BCUT2D eigenvalue weighted by Gasteiger charge is -2.16. The average molecular weight is 719 g/mol. The summed E-state index contributed by atoms with van der Waals surface area (Å²) in [6, 6.07) is 61.6. The second kappa shape index (κ2) is 13.0. The molecular weight excluding hydrogens is 689 g/mol. The first-order valence-corrected chi connectivity index (χ1v) is 18.5. The molecule has 4 heterocycles. The summed E-state index contributed by atoms with van der Waals surface area (Å²) >= 11 is 0. The van der Waals surface area contributed by atoms with Crippen LogP contribution in [0.1, 0.15) is 0 Å². The van der Waals surface area contributed by atoms with Crippen molar-refractivity contribution in [1.29, 1.82) is 0 Å². The van der Waals surface area contributed by atoms with Gasteiger partial charge < -0.3 is 8.98 Å². The quantitative estimate of drug-likeness (QED) is 0.170. The van der Waals surface area contributed by atoms with Crippen LogP contribution in [-0.4, -0.2) is 29.5 Å². The van der Waals surface area contributed by atoms with Crippen molar-refractivity contribution in [2.45, 2.75) is 0 Å². The minimum atomic E-state index is 0.547. The van der Waals surface area contributed by atoms with E-state index in [2.05, 4.69) is 77.4 Å². The molecule has 0 N–H and O–H groups in total. The minimum Gasteiger partial charge on any atom is -0.452 e. The first-order valence-electron chi connectivity index (χ1n) is 18.5. The number of fused-ring (bicyclic) bond motifs is 6. The summed E-state index contributed by atoms with van der Waals surface area (Å²) in [5.74, 6) is 2.34. The summed E-state index contributed by atoms with van der Waals surface area (Å²) < 4.78 is 9.02. The number of benzene rings is 7. The van der Waals surface area contributed by atoms with Gasteiger partial charge in [-0.25, -0.2) is 24.9 Å². The van der Waals surface area contributed by atoms with Crippen LogP contribution in [0, 0.1) is 0 Å². The Morgan fingerprint density at radius 2 is 0.839 bits per heavy atom. The second-order valence-electron chi connectivity index (χ2n) is 13.7. The van der Waals surface area contributed by atoms with E-state index in [4.69, 9.17) is 29.3 Å². The summed E-state index contributed by atoms with van der Waals surface area (Å²) in [4.78, 5) is 25.7. The van der Waals surface area contributed by atoms with Gasteiger partial charge in [-0.15, -0.1) is 0 Å². The molecule has 0 bridgehead atoms. The summed E-state index contributed by atoms with van der Waals surface area (Å²) in [6.45, 7) is 0. The molecule has 0 saturated heterocycles. The number of rotatable bonds is 6. The highest BCUT2D eigenvalue weighted by Crippen LogP contribution is 2.42. The van der Waals surface area contributed by atoms with E-state index in [1.165, 1.54) is 0 Å². The molecule has 0 fully saturated rings. The molecule has 0 aliphatic rings. The van der Waals surface area contributed by atoms with Gasteiger partial charge in [-0.2, -0.15) is 0 Å². The van der Waals surface area contributed by atoms with E-state index < -0.39 is 0 Å². The van der Waals surface area contributed by atoms with Crippen LogP contribution in [0.4, 0.5) is 0 Å². The van der Waals surface area contributed by atoms with Gasteiger partial charge in [0.15, 0.2) is 28.9 Å². The summed E-state index contributed by atoms with van der Waals surface area (Å²) in [6.07, 6.45) is 0. The van der Waals surface area contributed by atoms with Gasteiger partial charge in [0.2, 0.25) is 0 Å². The van der Waals surface area contributed by atoms with E-state index in [9.17, 15) is 0 Å². The third-order valence-corrected chi connectivity index (χ3v) is 10.3. The van der Waals surface area contributed by atoms with Crippen molar-refractivity contribution in [2.24, 2.45) is 0 Å². The van der Waals surface area contributed by atoms with Gasteiger partial charge >= 0.3 is 0 Å². The number of furan rings is 1. The highest BCUT2D eigenvalue weighted by atomic mass is 16.3. The number of nitrogens with zero attached hydrogens (tertiary/aromatic N) is 6. The maximum Gasteiger partial charge on any atom is 0.180 e. The van der Waals surface area contributed by atoms with Crippen LogP contribution in [-0.2, 0) is 0 Å². The molecule has 4 aromatic heterocycles. The molecule has 11 aromatic rings. The number of hydrogen-bond acceptors (Lipinski definition) is 6. The van der Waals surface area contributed by atoms with Gasteiger partial charge in [-0.05, 0) is 42.5 Å². The number of aromatic nitrogens is 6. The molecule has 7 heteroatoms. The SMILES string of the molecule is c1ccc(-c2nc(-c3ccccc3)nc(-c3ccc(-n4c5ccccc5c5ccccc54)c(-c4nc(-c5ccccc5)nc5c4oc4ccccc45)c3)n2)cc1. The maximum atomic E-state index is 6.70. The topological polar surface area (TPSA) is 82.5 Å². The maximum absolute atomic E-state index is 6.70. The van der Waals surface area contributed by atoms with Crippen molar-refractivity contribution < 1.29 is 4.42 Å². The molecule has 0 aliphatic heterocycles. The zero-order chi connectivity index (χ0) is 37.0. The van der Waals surface area contributed by atoms with Crippen LogP contribution in [0.2, 0.25) is 0 Å². The van der Waals surface area contributed by atoms with Gasteiger partial charge in [0.1, 0.15) is 16.8 Å². The number of hydrogen-bond donors (Lipinski definition) is 0. The Labute approximate surface area is 321 Å². The molecule has 0 saturated carbocycles. The first-order chi connectivity index (χ1) is 27.8. The van der Waals surface area contributed by atoms with Crippen molar-refractivity contribution >= 4 is 43.9 Å². The van der Waals surface area contributed by atoms with Crippen LogP contribution in [0.25, 0.3) is 106 Å². The monoisotopic (exact) mass is 718 g/mol. The first kappa shape index (κ1) is 31.7. The van der Waals surface area contributed by atoms with E-state index >= 15 is 0 Å². The van der Waals surface area contributed by atoms with Crippen molar-refractivity contribution in [3.8, 4) is 62.5 Å². The van der Waals surface area contributed by atoms with Gasteiger partial charge in [0, 0.05) is 44.0 Å². The molecule has 0 spiro atoms. The molecule has 56 heavy (non-hydrogen) atoms. The summed E-state index contributed by atoms with van der Waals surface area (Å²) in [7, 11) is 0. The van der Waals surface area contributed by atoms with Crippen LogP contribution in [0.5, 0.6) is 0 Å². The summed E-state index contributed by atoms with van der Waals surface area (Å²) in [5, 5.41) is 3.25. The molecule has 7 nitrogen and oxygen atoms in total. The summed E-state index contributed by atoms with van der Waals surface area (Å²) in [5.41, 5.74) is 10.3. The molecule has 0 radical (unpaired) electrons. The Bertz CT molecular complexity index is 3140. The fourth-order valence-electron chi connectivity index (χ4n) is 7.67. The van der Waals surface area contributed by atoms with Crippen molar-refractivity contribution in [3.63, 3.8) is 0 Å². The van der Waals surface area contributed by atoms with Crippen LogP contribution < -0.4 is 0 Å². The Balaban J connectivity index is 1.25. The molecular formula is C49H30N6O. The highest BCUT2D eigenvalue weighted by Gasteiger charge is 2.24. The fraction of sp³-hybridized carbons (Fsp3) is 0. The van der Waals surface area contributed by atoms with Crippen LogP contribution in [0.15, 0.2) is 186 Å². The Kier molecular flexibility index (Phi) is 7.35. The van der Waals surface area contributed by atoms with Gasteiger partial charge in [-0.3, -0.25) is 0 Å². The minimum absolute atomic E-state index is 0.547. The lowest BCUT2D eigenvalue weighted by Crippen LogP contribution is -2.03. The Hall–Kier alpha value is -7.77. The third kappa shape index (κ3) is 5.25. The van der Waals surface area contributed by atoms with Crippen LogP contribution in [0.3, 0.4) is 0 Å². The molecule has 0 amide bonds. The van der Waals surface area contributed by atoms with Crippen LogP contribution >= 0.6 is 0 Å². The van der Waals surface area contributed by atoms with Gasteiger partial charge in [0.05, 0.1) is 16.7 Å². The average Bonchev–Trinajstić information content (AvgIpc) is 3.82. The van der Waals surface area contributed by atoms with Crippen molar-refractivity contribution in [1.82, 2.24) is 29.5 Å².